The summed E-state index contributed by atoms with van der Waals surface area (Å²) in [6, 6.07) is 5.22. The predicted octanol–water partition coefficient (Wildman–Crippen LogP) is 0.393. The van der Waals surface area contributed by atoms with Gasteiger partial charge in [0.05, 0.1) is 0 Å². The molecule has 3 N–H and O–H groups in total. The van der Waals surface area contributed by atoms with Gasteiger partial charge in [-0.25, -0.2) is 0 Å². The van der Waals surface area contributed by atoms with E-state index in [9.17, 15) is 14.4 Å². The number of amides is 3. The molecule has 2 fully saturated rings. The number of fused-ring (bicyclic) bond motifs is 1. The second-order valence-electron chi connectivity index (χ2n) is 7.87. The average molecular weight is 370 g/mol. The zero-order valence-corrected chi connectivity index (χ0v) is 15.6. The Morgan fingerprint density at radius 1 is 1.22 bits per heavy atom. The van der Waals surface area contributed by atoms with Crippen molar-refractivity contribution >= 4 is 17.7 Å². The van der Waals surface area contributed by atoms with E-state index in [0.29, 0.717) is 36.9 Å². The highest BCUT2D eigenvalue weighted by atomic mass is 16.2. The van der Waals surface area contributed by atoms with Gasteiger partial charge >= 0.3 is 0 Å². The molecule has 1 aromatic rings. The molecule has 3 amide bonds. The van der Waals surface area contributed by atoms with Crippen molar-refractivity contribution in [3.63, 3.8) is 0 Å². The van der Waals surface area contributed by atoms with Gasteiger partial charge in [-0.3, -0.25) is 19.7 Å². The van der Waals surface area contributed by atoms with Crippen LogP contribution in [0.5, 0.6) is 0 Å². The first kappa shape index (κ1) is 18.1. The van der Waals surface area contributed by atoms with Gasteiger partial charge in [-0.15, -0.1) is 0 Å². The molecule has 144 valence electrons. The minimum Gasteiger partial charge on any atom is -0.322 e. The lowest BCUT2D eigenvalue weighted by Crippen LogP contribution is -2.52. The second kappa shape index (κ2) is 7.40. The Morgan fingerprint density at radius 2 is 2.07 bits per heavy atom. The molecular weight excluding hydrogens is 344 g/mol. The Bertz CT molecular complexity index is 778. The van der Waals surface area contributed by atoms with Crippen LogP contribution in [0.25, 0.3) is 0 Å². The van der Waals surface area contributed by atoms with Crippen LogP contribution < -0.4 is 16.0 Å². The fourth-order valence-corrected chi connectivity index (χ4v) is 4.35. The summed E-state index contributed by atoms with van der Waals surface area (Å²) in [6.07, 6.45) is 0.670. The Kier molecular flexibility index (Phi) is 4.97. The summed E-state index contributed by atoms with van der Waals surface area (Å²) in [4.78, 5) is 38.0. The van der Waals surface area contributed by atoms with Gasteiger partial charge in [0.15, 0.2) is 0 Å². The molecule has 0 spiro atoms. The predicted molar refractivity (Wildman–Crippen MR) is 99.7 cm³/mol. The topological polar surface area (TPSA) is 90.5 Å². The fourth-order valence-electron chi connectivity index (χ4n) is 4.35. The van der Waals surface area contributed by atoms with Crippen molar-refractivity contribution in [3.8, 4) is 0 Å². The SMILES string of the molecule is C[C@@H]1CNC[C@H]1CNCc1cccc2c1CN(C1CCC(=O)NC1=O)C2=O. The van der Waals surface area contributed by atoms with Gasteiger partial charge < -0.3 is 15.5 Å². The minimum absolute atomic E-state index is 0.116. The molecule has 7 nitrogen and oxygen atoms in total. The average Bonchev–Trinajstić information content (AvgIpc) is 3.20. The Labute approximate surface area is 158 Å². The van der Waals surface area contributed by atoms with Gasteiger partial charge in [0.25, 0.3) is 5.91 Å². The maximum Gasteiger partial charge on any atom is 0.255 e. The third-order valence-corrected chi connectivity index (χ3v) is 6.08. The van der Waals surface area contributed by atoms with Crippen LogP contribution in [-0.4, -0.2) is 48.3 Å². The van der Waals surface area contributed by atoms with E-state index < -0.39 is 6.04 Å². The molecule has 2 saturated heterocycles. The first-order chi connectivity index (χ1) is 13.0. The van der Waals surface area contributed by atoms with Crippen molar-refractivity contribution in [2.75, 3.05) is 19.6 Å². The zero-order chi connectivity index (χ0) is 19.0. The lowest BCUT2D eigenvalue weighted by Gasteiger charge is -2.29. The highest BCUT2D eigenvalue weighted by molar-refractivity contribution is 6.05. The highest BCUT2D eigenvalue weighted by Gasteiger charge is 2.39. The molecule has 1 unspecified atom stereocenters. The van der Waals surface area contributed by atoms with Crippen LogP contribution in [0.1, 0.15) is 41.3 Å². The quantitative estimate of drug-likeness (QED) is 0.653. The Morgan fingerprint density at radius 3 is 2.81 bits per heavy atom. The lowest BCUT2D eigenvalue weighted by molar-refractivity contribution is -0.136. The summed E-state index contributed by atoms with van der Waals surface area (Å²) in [6.45, 7) is 6.47. The summed E-state index contributed by atoms with van der Waals surface area (Å²) >= 11 is 0. The van der Waals surface area contributed by atoms with Crippen LogP contribution in [0.15, 0.2) is 18.2 Å². The van der Waals surface area contributed by atoms with E-state index in [1.807, 2.05) is 18.2 Å². The number of hydrogen-bond acceptors (Lipinski definition) is 5. The maximum atomic E-state index is 12.8. The van der Waals surface area contributed by atoms with E-state index in [-0.39, 0.29) is 24.1 Å². The van der Waals surface area contributed by atoms with Crippen molar-refractivity contribution in [2.24, 2.45) is 11.8 Å². The van der Waals surface area contributed by atoms with Crippen LogP contribution >= 0.6 is 0 Å². The van der Waals surface area contributed by atoms with E-state index in [1.165, 1.54) is 0 Å². The Hall–Kier alpha value is -2.25. The number of benzene rings is 1. The molecule has 4 rings (SSSR count). The first-order valence-electron chi connectivity index (χ1n) is 9.71. The van der Waals surface area contributed by atoms with Crippen molar-refractivity contribution in [2.45, 2.75) is 38.9 Å². The van der Waals surface area contributed by atoms with E-state index in [1.54, 1.807) is 4.90 Å². The molecule has 0 bridgehead atoms. The fraction of sp³-hybridized carbons (Fsp3) is 0.550. The molecule has 0 aliphatic carbocycles. The molecule has 3 atom stereocenters. The number of piperidine rings is 1. The molecule has 0 radical (unpaired) electrons. The van der Waals surface area contributed by atoms with Gasteiger partial charge in [-0.2, -0.15) is 0 Å². The summed E-state index contributed by atoms with van der Waals surface area (Å²) < 4.78 is 0. The summed E-state index contributed by atoms with van der Waals surface area (Å²) in [7, 11) is 0. The highest BCUT2D eigenvalue weighted by Crippen LogP contribution is 2.29. The van der Waals surface area contributed by atoms with Crippen molar-refractivity contribution < 1.29 is 14.4 Å². The largest absolute Gasteiger partial charge is 0.322 e. The van der Waals surface area contributed by atoms with Gasteiger partial charge in [0, 0.05) is 25.1 Å². The van der Waals surface area contributed by atoms with E-state index in [0.717, 1.165) is 30.8 Å². The molecule has 27 heavy (non-hydrogen) atoms. The zero-order valence-electron chi connectivity index (χ0n) is 15.6. The smallest absolute Gasteiger partial charge is 0.255 e. The molecule has 0 saturated carbocycles. The number of hydrogen-bond donors (Lipinski definition) is 3. The van der Waals surface area contributed by atoms with Crippen molar-refractivity contribution in [1.29, 1.82) is 0 Å². The van der Waals surface area contributed by atoms with E-state index in [2.05, 4.69) is 22.9 Å². The third kappa shape index (κ3) is 3.49. The molecule has 0 aromatic heterocycles. The maximum absolute atomic E-state index is 12.8. The van der Waals surface area contributed by atoms with E-state index in [4.69, 9.17) is 0 Å². The van der Waals surface area contributed by atoms with Crippen LogP contribution in [0.3, 0.4) is 0 Å². The lowest BCUT2D eigenvalue weighted by atomic mass is 9.98. The number of carbonyl (C=O) groups is 3. The van der Waals surface area contributed by atoms with Crippen LogP contribution in [0, 0.1) is 11.8 Å². The molecular formula is C20H26N4O3. The van der Waals surface area contributed by atoms with Crippen LogP contribution in [0.4, 0.5) is 0 Å². The van der Waals surface area contributed by atoms with E-state index >= 15 is 0 Å². The Balaban J connectivity index is 1.44. The molecule has 1 aromatic carbocycles. The van der Waals surface area contributed by atoms with Gasteiger partial charge in [-0.05, 0) is 55.1 Å². The normalized spacial score (nSPS) is 27.8. The van der Waals surface area contributed by atoms with Crippen LogP contribution in [-0.2, 0) is 22.7 Å². The summed E-state index contributed by atoms with van der Waals surface area (Å²) in [5, 5.41) is 9.30. The van der Waals surface area contributed by atoms with Gasteiger partial charge in [0.1, 0.15) is 6.04 Å². The standard InChI is InChI=1S/C20H26N4O3/c1-12-7-21-9-14(12)10-22-8-13-3-2-4-15-16(13)11-24(20(15)27)17-5-6-18(25)23-19(17)26/h2-4,12,14,17,21-22H,5-11H2,1H3,(H,23,25,26)/t12-,14+,17?/m1/s1. The summed E-state index contributed by atoms with van der Waals surface area (Å²) in [5.41, 5.74) is 2.78. The number of nitrogens with one attached hydrogen (secondary N) is 3. The van der Waals surface area contributed by atoms with Crippen molar-refractivity contribution in [3.05, 3.63) is 34.9 Å². The molecule has 3 aliphatic rings. The molecule has 3 heterocycles. The van der Waals surface area contributed by atoms with Crippen LogP contribution in [0.2, 0.25) is 0 Å². The molecule has 7 heteroatoms. The van der Waals surface area contributed by atoms with Gasteiger partial charge in [0.2, 0.25) is 11.8 Å². The molecule has 3 aliphatic heterocycles. The summed E-state index contributed by atoms with van der Waals surface area (Å²) in [5.74, 6) is 0.553. The monoisotopic (exact) mass is 370 g/mol. The van der Waals surface area contributed by atoms with Crippen molar-refractivity contribution in [1.82, 2.24) is 20.9 Å². The number of imide groups is 1. The third-order valence-electron chi connectivity index (χ3n) is 6.08. The second-order valence-corrected chi connectivity index (χ2v) is 7.87. The minimum atomic E-state index is -0.561. The first-order valence-corrected chi connectivity index (χ1v) is 9.71. The number of nitrogens with zero attached hydrogens (tertiary/aromatic N) is 1. The number of rotatable bonds is 5. The van der Waals surface area contributed by atoms with Gasteiger partial charge in [-0.1, -0.05) is 19.1 Å². The number of carbonyl (C=O) groups excluding carboxylic acids is 3.